The van der Waals surface area contributed by atoms with E-state index in [9.17, 15) is 31.1 Å². The van der Waals surface area contributed by atoms with Crippen LogP contribution >= 0.6 is 0 Å². The van der Waals surface area contributed by atoms with Gasteiger partial charge < -0.3 is 10.1 Å². The Hall–Kier alpha value is -4.02. The van der Waals surface area contributed by atoms with Gasteiger partial charge >= 0.3 is 18.3 Å². The lowest BCUT2D eigenvalue weighted by molar-refractivity contribution is -0.143. The number of pyridine rings is 1. The Balaban J connectivity index is 1.66. The monoisotopic (exact) mass is 591 g/mol. The minimum absolute atomic E-state index is 0.0414. The number of anilines is 1. The number of rotatable bonds is 6. The van der Waals surface area contributed by atoms with Crippen LogP contribution in [-0.4, -0.2) is 20.9 Å². The van der Waals surface area contributed by atoms with Crippen molar-refractivity contribution in [1.82, 2.24) is 9.38 Å². The predicted octanol–water partition coefficient (Wildman–Crippen LogP) is 9.19. The molecule has 0 fully saturated rings. The molecule has 0 saturated heterocycles. The highest BCUT2D eigenvalue weighted by atomic mass is 19.4. The molecule has 0 aliphatic heterocycles. The SMILES string of the molecule is Cc1ccn2c(NC(C)(C)CC(C)(C)C)c(-c3ccc(OC(=O)c4cc(C(F)(F)F)cc(C(F)(F)F)c4)cc3)nc2c1. The summed E-state index contributed by atoms with van der Waals surface area (Å²) >= 11 is 0. The van der Waals surface area contributed by atoms with Gasteiger partial charge in [0, 0.05) is 17.3 Å². The summed E-state index contributed by atoms with van der Waals surface area (Å²) in [4.78, 5) is 17.4. The minimum Gasteiger partial charge on any atom is -0.423 e. The number of aromatic nitrogens is 2. The van der Waals surface area contributed by atoms with Crippen LogP contribution < -0.4 is 10.1 Å². The van der Waals surface area contributed by atoms with Crippen molar-refractivity contribution in [1.29, 1.82) is 0 Å². The van der Waals surface area contributed by atoms with Gasteiger partial charge in [-0.2, -0.15) is 26.3 Å². The van der Waals surface area contributed by atoms with Gasteiger partial charge in [0.05, 0.1) is 16.7 Å². The number of ether oxygens (including phenoxy) is 1. The first-order chi connectivity index (χ1) is 19.2. The fraction of sp³-hybridized carbons (Fsp3) is 0.355. The van der Waals surface area contributed by atoms with Crippen LogP contribution in [0.2, 0.25) is 0 Å². The van der Waals surface area contributed by atoms with E-state index in [1.54, 1.807) is 12.1 Å². The molecule has 42 heavy (non-hydrogen) atoms. The number of esters is 1. The molecule has 4 aromatic rings. The molecule has 0 radical (unpaired) electrons. The van der Waals surface area contributed by atoms with Gasteiger partial charge in [0.1, 0.15) is 22.9 Å². The maximum Gasteiger partial charge on any atom is 0.416 e. The fourth-order valence-electron chi connectivity index (χ4n) is 5.08. The summed E-state index contributed by atoms with van der Waals surface area (Å²) in [7, 11) is 0. The van der Waals surface area contributed by atoms with Crippen molar-refractivity contribution in [2.45, 2.75) is 65.9 Å². The van der Waals surface area contributed by atoms with Crippen molar-refractivity contribution in [3.05, 3.63) is 83.0 Å². The van der Waals surface area contributed by atoms with E-state index >= 15 is 0 Å². The maximum absolute atomic E-state index is 13.2. The number of nitrogens with one attached hydrogen (secondary N) is 1. The number of imidazole rings is 1. The molecule has 0 bridgehead atoms. The van der Waals surface area contributed by atoms with Crippen LogP contribution in [0.3, 0.4) is 0 Å². The van der Waals surface area contributed by atoms with Crippen LogP contribution in [0, 0.1) is 12.3 Å². The van der Waals surface area contributed by atoms with E-state index in [0.717, 1.165) is 17.8 Å². The largest absolute Gasteiger partial charge is 0.423 e. The van der Waals surface area contributed by atoms with Crippen LogP contribution in [0.1, 0.15) is 68.1 Å². The quantitative estimate of drug-likeness (QED) is 0.138. The van der Waals surface area contributed by atoms with Crippen LogP contribution in [0.25, 0.3) is 16.9 Å². The molecule has 11 heteroatoms. The van der Waals surface area contributed by atoms with E-state index in [1.807, 2.05) is 29.7 Å². The van der Waals surface area contributed by atoms with Crippen LogP contribution in [0.4, 0.5) is 32.2 Å². The Morgan fingerprint density at radius 2 is 1.43 bits per heavy atom. The third-order valence-electron chi connectivity index (χ3n) is 6.37. The van der Waals surface area contributed by atoms with Gasteiger partial charge in [0.15, 0.2) is 0 Å². The number of fused-ring (bicyclic) bond motifs is 1. The molecule has 2 heterocycles. The Kier molecular flexibility index (Phi) is 7.86. The van der Waals surface area contributed by atoms with Crippen LogP contribution in [0.15, 0.2) is 60.8 Å². The van der Waals surface area contributed by atoms with Crippen LogP contribution in [-0.2, 0) is 12.4 Å². The fourth-order valence-corrected chi connectivity index (χ4v) is 5.08. The molecule has 0 saturated carbocycles. The van der Waals surface area contributed by atoms with Crippen molar-refractivity contribution < 1.29 is 35.9 Å². The van der Waals surface area contributed by atoms with Crippen molar-refractivity contribution in [3.63, 3.8) is 0 Å². The average Bonchev–Trinajstić information content (AvgIpc) is 3.18. The zero-order valence-electron chi connectivity index (χ0n) is 24.0. The maximum atomic E-state index is 13.2. The zero-order valence-corrected chi connectivity index (χ0v) is 24.0. The number of benzene rings is 2. The molecule has 4 rings (SSSR count). The normalized spacial score (nSPS) is 13.0. The minimum atomic E-state index is -5.09. The number of alkyl halides is 6. The molecule has 224 valence electrons. The predicted molar refractivity (Wildman–Crippen MR) is 149 cm³/mol. The van der Waals surface area contributed by atoms with Crippen molar-refractivity contribution >= 4 is 17.4 Å². The molecular formula is C31H31F6N3O2. The number of carbonyl (C=O) groups excluding carboxylic acids is 1. The molecule has 0 amide bonds. The average molecular weight is 592 g/mol. The van der Waals surface area contributed by atoms with Crippen molar-refractivity contribution in [3.8, 4) is 17.0 Å². The van der Waals surface area contributed by atoms with E-state index in [0.29, 0.717) is 29.0 Å². The van der Waals surface area contributed by atoms with E-state index in [4.69, 9.17) is 9.72 Å². The molecule has 1 N–H and O–H groups in total. The standard InChI is InChI=1S/C31H31F6N3O2/c1-18-11-12-40-24(13-18)38-25(26(40)39-29(5,6)17-28(2,3)4)19-7-9-23(10-8-19)42-27(41)20-14-21(30(32,33)34)16-22(15-20)31(35,36)37/h7-16,39H,17H2,1-6H3. The molecule has 5 nitrogen and oxygen atoms in total. The van der Waals surface area contributed by atoms with Gasteiger partial charge in [-0.05, 0) is 92.8 Å². The van der Waals surface area contributed by atoms with Gasteiger partial charge in [0.25, 0.3) is 0 Å². The highest BCUT2D eigenvalue weighted by Crippen LogP contribution is 2.38. The molecule has 2 aromatic carbocycles. The van der Waals surface area contributed by atoms with Gasteiger partial charge in [-0.15, -0.1) is 0 Å². The number of nitrogens with zero attached hydrogens (tertiary/aromatic N) is 2. The summed E-state index contributed by atoms with van der Waals surface area (Å²) in [5.74, 6) is -0.668. The molecule has 0 atom stereocenters. The lowest BCUT2D eigenvalue weighted by Gasteiger charge is -2.34. The number of aryl methyl sites for hydroxylation is 1. The first-order valence-corrected chi connectivity index (χ1v) is 13.1. The lowest BCUT2D eigenvalue weighted by atomic mass is 9.82. The summed E-state index contributed by atoms with van der Waals surface area (Å²) in [5, 5.41) is 3.62. The summed E-state index contributed by atoms with van der Waals surface area (Å²) in [6, 6.07) is 10.6. The van der Waals surface area contributed by atoms with Gasteiger partial charge in [-0.3, -0.25) is 4.40 Å². The summed E-state index contributed by atoms with van der Waals surface area (Å²) < 4.78 is 86.4. The second-order valence-electron chi connectivity index (χ2n) is 12.2. The molecule has 0 unspecified atom stereocenters. The van der Waals surface area contributed by atoms with Crippen LogP contribution in [0.5, 0.6) is 5.75 Å². The van der Waals surface area contributed by atoms with E-state index < -0.39 is 35.0 Å². The number of hydrogen-bond acceptors (Lipinski definition) is 4. The molecule has 0 aliphatic rings. The van der Waals surface area contributed by atoms with Crippen molar-refractivity contribution in [2.24, 2.45) is 5.41 Å². The third kappa shape index (κ3) is 7.24. The smallest absolute Gasteiger partial charge is 0.416 e. The van der Waals surface area contributed by atoms with Gasteiger partial charge in [0.2, 0.25) is 0 Å². The molecule has 0 spiro atoms. The second kappa shape index (κ2) is 10.7. The second-order valence-corrected chi connectivity index (χ2v) is 12.2. The first kappa shape index (κ1) is 30.9. The number of carbonyl (C=O) groups is 1. The highest BCUT2D eigenvalue weighted by molar-refractivity contribution is 5.91. The molecule has 2 aromatic heterocycles. The highest BCUT2D eigenvalue weighted by Gasteiger charge is 2.38. The van der Waals surface area contributed by atoms with Gasteiger partial charge in [-0.1, -0.05) is 20.8 Å². The topological polar surface area (TPSA) is 55.6 Å². The van der Waals surface area contributed by atoms with E-state index in [2.05, 4.69) is 39.9 Å². The van der Waals surface area contributed by atoms with E-state index in [-0.39, 0.29) is 22.8 Å². The molecule has 0 aliphatic carbocycles. The Morgan fingerprint density at radius 3 is 1.95 bits per heavy atom. The number of hydrogen-bond donors (Lipinski definition) is 1. The Morgan fingerprint density at radius 1 is 0.857 bits per heavy atom. The molecular weight excluding hydrogens is 560 g/mol. The zero-order chi connectivity index (χ0) is 31.3. The Labute approximate surface area is 239 Å². The summed E-state index contributed by atoms with van der Waals surface area (Å²) in [5.41, 5.74) is -1.35. The third-order valence-corrected chi connectivity index (χ3v) is 6.37. The summed E-state index contributed by atoms with van der Waals surface area (Å²) in [6.45, 7) is 12.6. The summed E-state index contributed by atoms with van der Waals surface area (Å²) in [6.07, 6.45) is -7.41. The number of halogens is 6. The first-order valence-electron chi connectivity index (χ1n) is 13.1. The van der Waals surface area contributed by atoms with Crippen molar-refractivity contribution in [2.75, 3.05) is 5.32 Å². The Bertz CT molecular complexity index is 1580. The van der Waals surface area contributed by atoms with Gasteiger partial charge in [-0.25, -0.2) is 9.78 Å². The van der Waals surface area contributed by atoms with E-state index in [1.165, 1.54) is 12.1 Å². The lowest BCUT2D eigenvalue weighted by Crippen LogP contribution is -2.36.